The third-order valence-electron chi connectivity index (χ3n) is 2.15. The maximum absolute atomic E-state index is 10.5. The first-order valence-corrected chi connectivity index (χ1v) is 5.72. The molecular formula is C12H16ClNO3. The number of ether oxygens (including phenoxy) is 1. The van der Waals surface area contributed by atoms with Crippen LogP contribution < -0.4 is 4.74 Å². The highest BCUT2D eigenvalue weighted by Crippen LogP contribution is 2.25. The Balaban J connectivity index is 2.66. The van der Waals surface area contributed by atoms with E-state index in [1.54, 1.807) is 24.1 Å². The molecule has 0 unspecified atom stereocenters. The summed E-state index contributed by atoms with van der Waals surface area (Å²) in [5, 5.41) is 9.19. The number of benzene rings is 1. The highest BCUT2D eigenvalue weighted by molar-refractivity contribution is 6.32. The van der Waals surface area contributed by atoms with E-state index in [4.69, 9.17) is 21.4 Å². The second kappa shape index (κ2) is 6.47. The molecule has 4 nitrogen and oxygen atoms in total. The predicted octanol–water partition coefficient (Wildman–Crippen LogP) is 2.26. The molecular weight excluding hydrogens is 242 g/mol. The number of halogens is 1. The smallest absolute Gasteiger partial charge is 0.317 e. The fraction of sp³-hybridized carbons (Fsp3) is 0.417. The average Bonchev–Trinajstić information content (AvgIpc) is 2.21. The Morgan fingerprint density at radius 3 is 2.76 bits per heavy atom. The lowest BCUT2D eigenvalue weighted by Crippen LogP contribution is -2.25. The topological polar surface area (TPSA) is 49.8 Å². The number of rotatable bonds is 6. The standard InChI is InChI=1S/C12H16ClNO3/c1-3-17-11-5-4-9(6-10(11)13)7-14(2)8-12(15)16/h4-6H,3,7-8H2,1-2H3,(H,15,16). The van der Waals surface area contributed by atoms with E-state index in [1.165, 1.54) is 0 Å². The largest absolute Gasteiger partial charge is 0.492 e. The minimum Gasteiger partial charge on any atom is -0.492 e. The minimum absolute atomic E-state index is 0.00479. The maximum Gasteiger partial charge on any atom is 0.317 e. The number of hydrogen-bond acceptors (Lipinski definition) is 3. The quantitative estimate of drug-likeness (QED) is 0.849. The second-order valence-electron chi connectivity index (χ2n) is 3.76. The van der Waals surface area contributed by atoms with Crippen LogP contribution in [0.15, 0.2) is 18.2 Å². The average molecular weight is 258 g/mol. The molecule has 5 heteroatoms. The van der Waals surface area contributed by atoms with Gasteiger partial charge in [0.2, 0.25) is 0 Å². The summed E-state index contributed by atoms with van der Waals surface area (Å²) in [5.74, 6) is -0.191. The fourth-order valence-corrected chi connectivity index (χ4v) is 1.77. The first kappa shape index (κ1) is 13.8. The normalized spacial score (nSPS) is 10.6. The van der Waals surface area contributed by atoms with Crippen LogP contribution in [0.5, 0.6) is 5.75 Å². The molecule has 0 saturated carbocycles. The van der Waals surface area contributed by atoms with Gasteiger partial charge in [0.15, 0.2) is 0 Å². The van der Waals surface area contributed by atoms with Crippen LogP contribution in [0.1, 0.15) is 12.5 Å². The van der Waals surface area contributed by atoms with Crippen molar-refractivity contribution in [2.45, 2.75) is 13.5 Å². The number of carbonyl (C=O) groups is 1. The number of hydrogen-bond donors (Lipinski definition) is 1. The van der Waals surface area contributed by atoms with Crippen molar-refractivity contribution in [3.63, 3.8) is 0 Å². The lowest BCUT2D eigenvalue weighted by molar-refractivity contribution is -0.138. The molecule has 17 heavy (non-hydrogen) atoms. The van der Waals surface area contributed by atoms with Crippen LogP contribution >= 0.6 is 11.6 Å². The Kier molecular flexibility index (Phi) is 5.25. The van der Waals surface area contributed by atoms with Gasteiger partial charge < -0.3 is 9.84 Å². The monoisotopic (exact) mass is 257 g/mol. The van der Waals surface area contributed by atoms with Crippen LogP contribution in [0.25, 0.3) is 0 Å². The summed E-state index contributed by atoms with van der Waals surface area (Å²) >= 11 is 6.04. The summed E-state index contributed by atoms with van der Waals surface area (Å²) in [6, 6.07) is 5.48. The Hall–Kier alpha value is -1.26. The summed E-state index contributed by atoms with van der Waals surface area (Å²) in [4.78, 5) is 12.2. The molecule has 0 aliphatic heterocycles. The molecule has 0 fully saturated rings. The molecule has 0 bridgehead atoms. The van der Waals surface area contributed by atoms with Crippen LogP contribution in [0, 0.1) is 0 Å². The van der Waals surface area contributed by atoms with Crippen LogP contribution in [0.3, 0.4) is 0 Å². The number of carboxylic acids is 1. The second-order valence-corrected chi connectivity index (χ2v) is 4.17. The van der Waals surface area contributed by atoms with Gasteiger partial charge in [0.05, 0.1) is 18.2 Å². The summed E-state index contributed by atoms with van der Waals surface area (Å²) in [5.41, 5.74) is 0.960. The van der Waals surface area contributed by atoms with Crippen molar-refractivity contribution < 1.29 is 14.6 Å². The van der Waals surface area contributed by atoms with Crippen molar-refractivity contribution in [1.82, 2.24) is 4.90 Å². The van der Waals surface area contributed by atoms with Crippen LogP contribution in [-0.4, -0.2) is 36.2 Å². The summed E-state index contributed by atoms with van der Waals surface area (Å²) in [6.07, 6.45) is 0. The van der Waals surface area contributed by atoms with Gasteiger partial charge in [-0.25, -0.2) is 0 Å². The van der Waals surface area contributed by atoms with Gasteiger partial charge in [-0.05, 0) is 31.7 Å². The van der Waals surface area contributed by atoms with E-state index in [0.717, 1.165) is 5.56 Å². The van der Waals surface area contributed by atoms with E-state index in [1.807, 2.05) is 13.0 Å². The molecule has 0 aliphatic carbocycles. The first-order chi connectivity index (χ1) is 8.02. The molecule has 0 atom stereocenters. The van der Waals surface area contributed by atoms with E-state index < -0.39 is 5.97 Å². The first-order valence-electron chi connectivity index (χ1n) is 5.34. The molecule has 0 aliphatic rings. The third-order valence-corrected chi connectivity index (χ3v) is 2.45. The van der Waals surface area contributed by atoms with Gasteiger partial charge in [-0.2, -0.15) is 0 Å². The van der Waals surface area contributed by atoms with E-state index in [-0.39, 0.29) is 6.54 Å². The Labute approximate surface area is 106 Å². The Bertz CT molecular complexity index is 395. The van der Waals surface area contributed by atoms with Crippen molar-refractivity contribution in [3.8, 4) is 5.75 Å². The molecule has 0 heterocycles. The molecule has 0 aromatic heterocycles. The van der Waals surface area contributed by atoms with E-state index in [0.29, 0.717) is 23.9 Å². The SMILES string of the molecule is CCOc1ccc(CN(C)CC(=O)O)cc1Cl. The number of nitrogens with zero attached hydrogens (tertiary/aromatic N) is 1. The molecule has 1 rings (SSSR count). The van der Waals surface area contributed by atoms with Crippen molar-refractivity contribution in [2.75, 3.05) is 20.2 Å². The highest BCUT2D eigenvalue weighted by Gasteiger charge is 2.07. The summed E-state index contributed by atoms with van der Waals surface area (Å²) < 4.78 is 5.32. The van der Waals surface area contributed by atoms with Gasteiger partial charge in [-0.1, -0.05) is 17.7 Å². The van der Waals surface area contributed by atoms with Gasteiger partial charge in [-0.3, -0.25) is 9.69 Å². The van der Waals surface area contributed by atoms with Crippen molar-refractivity contribution in [1.29, 1.82) is 0 Å². The van der Waals surface area contributed by atoms with E-state index >= 15 is 0 Å². The lowest BCUT2D eigenvalue weighted by atomic mass is 10.2. The molecule has 0 saturated heterocycles. The number of carboxylic acid groups (broad SMARTS) is 1. The minimum atomic E-state index is -0.843. The zero-order valence-electron chi connectivity index (χ0n) is 9.94. The number of aliphatic carboxylic acids is 1. The van der Waals surface area contributed by atoms with Gasteiger partial charge in [0.25, 0.3) is 0 Å². The maximum atomic E-state index is 10.5. The number of likely N-dealkylation sites (N-methyl/N-ethyl adjacent to an activating group) is 1. The molecule has 0 spiro atoms. The Morgan fingerprint density at radius 2 is 2.24 bits per heavy atom. The molecule has 1 aromatic rings. The van der Waals surface area contributed by atoms with Gasteiger partial charge in [0, 0.05) is 6.54 Å². The van der Waals surface area contributed by atoms with Crippen LogP contribution in [0.2, 0.25) is 5.02 Å². The van der Waals surface area contributed by atoms with Crippen LogP contribution in [-0.2, 0) is 11.3 Å². The van der Waals surface area contributed by atoms with Gasteiger partial charge in [-0.15, -0.1) is 0 Å². The summed E-state index contributed by atoms with van der Waals surface area (Å²) in [7, 11) is 1.75. The van der Waals surface area contributed by atoms with Crippen molar-refractivity contribution >= 4 is 17.6 Å². The van der Waals surface area contributed by atoms with Crippen molar-refractivity contribution in [2.24, 2.45) is 0 Å². The predicted molar refractivity (Wildman–Crippen MR) is 66.6 cm³/mol. The van der Waals surface area contributed by atoms with Gasteiger partial charge >= 0.3 is 5.97 Å². The molecule has 0 amide bonds. The zero-order valence-corrected chi connectivity index (χ0v) is 10.7. The molecule has 0 radical (unpaired) electrons. The van der Waals surface area contributed by atoms with Crippen LogP contribution in [0.4, 0.5) is 0 Å². The fourth-order valence-electron chi connectivity index (χ4n) is 1.51. The Morgan fingerprint density at radius 1 is 1.53 bits per heavy atom. The highest BCUT2D eigenvalue weighted by atomic mass is 35.5. The molecule has 1 aromatic carbocycles. The lowest BCUT2D eigenvalue weighted by Gasteiger charge is -2.14. The zero-order chi connectivity index (χ0) is 12.8. The van der Waals surface area contributed by atoms with E-state index in [2.05, 4.69) is 0 Å². The summed E-state index contributed by atoms with van der Waals surface area (Å²) in [6.45, 7) is 3.01. The van der Waals surface area contributed by atoms with Gasteiger partial charge in [0.1, 0.15) is 5.75 Å². The third kappa shape index (κ3) is 4.63. The van der Waals surface area contributed by atoms with Crippen molar-refractivity contribution in [3.05, 3.63) is 28.8 Å². The molecule has 1 N–H and O–H groups in total. The van der Waals surface area contributed by atoms with E-state index in [9.17, 15) is 4.79 Å². The molecule has 94 valence electrons.